The van der Waals surface area contributed by atoms with Crippen molar-refractivity contribution in [1.29, 1.82) is 0 Å². The van der Waals surface area contributed by atoms with E-state index < -0.39 is 46.1 Å². The average Bonchev–Trinajstić information content (AvgIpc) is 2.84. The van der Waals surface area contributed by atoms with E-state index in [0.717, 1.165) is 44.9 Å². The molecule has 0 rings (SSSR count). The lowest BCUT2D eigenvalue weighted by molar-refractivity contribution is -0.147. The number of allylic oxidation sites excluding steroid dienone is 2. The Hall–Kier alpha value is -0.760. The van der Waals surface area contributed by atoms with Crippen molar-refractivity contribution in [2.45, 2.75) is 103 Å². The smallest absolute Gasteiger partial charge is 0.463 e. The molecule has 0 heterocycles. The summed E-state index contributed by atoms with van der Waals surface area (Å²) in [6.07, 6.45) is 5.97. The molecular formula is C23H46NO7P. The zero-order valence-electron chi connectivity index (χ0n) is 26.0. The molecular weight excluding hydrogens is 433 g/mol. The SMILES string of the molecule is [2H]C([2H])([2H])C([2H])([2H])C([2H])([2H])CCCCC/C=C\CCCCCCCC(=O)OC[C@@H](O)COP(=O)(O)OCCN. The number of rotatable bonds is 23. The zero-order valence-corrected chi connectivity index (χ0v) is 19.9. The first-order chi connectivity index (χ1) is 18.1. The summed E-state index contributed by atoms with van der Waals surface area (Å²) in [6, 6.07) is 0. The number of carbonyl (C=O) groups is 1. The van der Waals surface area contributed by atoms with Gasteiger partial charge in [-0.05, 0) is 32.1 Å². The summed E-state index contributed by atoms with van der Waals surface area (Å²) in [5.41, 5.74) is 5.16. The van der Waals surface area contributed by atoms with E-state index >= 15 is 0 Å². The van der Waals surface area contributed by atoms with Crippen molar-refractivity contribution in [3.05, 3.63) is 12.2 Å². The highest BCUT2D eigenvalue weighted by Gasteiger charge is 2.22. The topological polar surface area (TPSA) is 128 Å². The van der Waals surface area contributed by atoms with Crippen LogP contribution in [0, 0.1) is 0 Å². The Morgan fingerprint density at radius 3 is 2.31 bits per heavy atom. The van der Waals surface area contributed by atoms with Gasteiger partial charge in [0.1, 0.15) is 12.7 Å². The first-order valence-corrected chi connectivity index (χ1v) is 12.9. The highest BCUT2D eigenvalue weighted by atomic mass is 31.2. The lowest BCUT2D eigenvalue weighted by Crippen LogP contribution is -2.23. The van der Waals surface area contributed by atoms with E-state index in [1.807, 2.05) is 0 Å². The number of ether oxygens (including phenoxy) is 1. The van der Waals surface area contributed by atoms with Crippen LogP contribution in [0.15, 0.2) is 12.2 Å². The minimum absolute atomic E-state index is 0.0423. The van der Waals surface area contributed by atoms with Gasteiger partial charge in [0.05, 0.1) is 13.2 Å². The average molecular weight is 487 g/mol. The monoisotopic (exact) mass is 486 g/mol. The molecule has 0 saturated heterocycles. The summed E-state index contributed by atoms with van der Waals surface area (Å²) in [5.74, 6) is -0.462. The molecule has 0 amide bonds. The number of aliphatic hydroxyl groups is 1. The van der Waals surface area contributed by atoms with E-state index in [0.29, 0.717) is 19.3 Å². The van der Waals surface area contributed by atoms with E-state index in [4.69, 9.17) is 20.1 Å². The number of phosphoric ester groups is 1. The molecule has 0 aliphatic heterocycles. The minimum Gasteiger partial charge on any atom is -0.463 e. The Morgan fingerprint density at radius 2 is 1.66 bits per heavy atom. The van der Waals surface area contributed by atoms with Gasteiger partial charge in [-0.15, -0.1) is 0 Å². The summed E-state index contributed by atoms with van der Waals surface area (Å²) in [4.78, 5) is 21.1. The van der Waals surface area contributed by atoms with Gasteiger partial charge in [0.25, 0.3) is 0 Å². The third-order valence-corrected chi connectivity index (χ3v) is 5.40. The van der Waals surface area contributed by atoms with E-state index in [1.165, 1.54) is 0 Å². The second-order valence-corrected chi connectivity index (χ2v) is 8.86. The molecule has 2 atom stereocenters. The van der Waals surface area contributed by atoms with Crippen LogP contribution in [0.2, 0.25) is 0 Å². The molecule has 1 unspecified atom stereocenters. The first kappa shape index (κ1) is 20.6. The number of esters is 1. The van der Waals surface area contributed by atoms with E-state index in [9.17, 15) is 19.4 Å². The Morgan fingerprint density at radius 1 is 1.03 bits per heavy atom. The molecule has 32 heavy (non-hydrogen) atoms. The molecule has 0 aromatic rings. The lowest BCUT2D eigenvalue weighted by Gasteiger charge is -2.15. The Labute approximate surface area is 204 Å². The van der Waals surface area contributed by atoms with Crippen LogP contribution in [0.5, 0.6) is 0 Å². The number of phosphoric acid groups is 1. The van der Waals surface area contributed by atoms with Crippen molar-refractivity contribution in [1.82, 2.24) is 0 Å². The molecule has 0 aromatic carbocycles. The number of carbonyl (C=O) groups excluding carboxylic acids is 1. The molecule has 190 valence electrons. The van der Waals surface area contributed by atoms with Gasteiger partial charge in [0.2, 0.25) is 0 Å². The van der Waals surface area contributed by atoms with Crippen molar-refractivity contribution >= 4 is 13.8 Å². The fraction of sp³-hybridized carbons (Fsp3) is 0.870. The number of hydrogen-bond donors (Lipinski definition) is 3. The van der Waals surface area contributed by atoms with E-state index in [2.05, 4.69) is 21.2 Å². The van der Waals surface area contributed by atoms with E-state index in [1.54, 1.807) is 0 Å². The van der Waals surface area contributed by atoms with Crippen LogP contribution in [0.4, 0.5) is 0 Å². The first-order valence-electron chi connectivity index (χ1n) is 14.9. The van der Waals surface area contributed by atoms with Crippen molar-refractivity contribution in [3.63, 3.8) is 0 Å². The molecule has 0 aliphatic rings. The van der Waals surface area contributed by atoms with Crippen LogP contribution < -0.4 is 5.73 Å². The molecule has 0 saturated carbocycles. The summed E-state index contributed by atoms with van der Waals surface area (Å²) < 4.78 is 77.9. The van der Waals surface area contributed by atoms with E-state index in [-0.39, 0.29) is 32.6 Å². The maximum absolute atomic E-state index is 11.7. The van der Waals surface area contributed by atoms with Crippen molar-refractivity contribution < 1.29 is 42.7 Å². The van der Waals surface area contributed by atoms with Crippen LogP contribution in [-0.4, -0.2) is 48.4 Å². The molecule has 0 bridgehead atoms. The molecule has 0 aromatic heterocycles. The predicted octanol–water partition coefficient (Wildman–Crippen LogP) is 5.02. The van der Waals surface area contributed by atoms with Gasteiger partial charge >= 0.3 is 13.8 Å². The molecule has 0 aliphatic carbocycles. The Balaban J connectivity index is 3.71. The van der Waals surface area contributed by atoms with Crippen molar-refractivity contribution in [2.24, 2.45) is 5.73 Å². The molecule has 0 fully saturated rings. The van der Waals surface area contributed by atoms with Crippen molar-refractivity contribution in [2.75, 3.05) is 26.4 Å². The lowest BCUT2D eigenvalue weighted by atomic mass is 10.1. The highest BCUT2D eigenvalue weighted by Crippen LogP contribution is 2.42. The van der Waals surface area contributed by atoms with Gasteiger partial charge < -0.3 is 20.5 Å². The predicted molar refractivity (Wildman–Crippen MR) is 127 cm³/mol. The van der Waals surface area contributed by atoms with Crippen LogP contribution in [-0.2, 0) is 23.1 Å². The number of hydrogen-bond acceptors (Lipinski definition) is 7. The Bertz CT molecular complexity index is 755. The van der Waals surface area contributed by atoms with Gasteiger partial charge in [0.15, 0.2) is 0 Å². The summed E-state index contributed by atoms with van der Waals surface area (Å²) in [7, 11) is -4.29. The quantitative estimate of drug-likeness (QED) is 0.0795. The van der Waals surface area contributed by atoms with Gasteiger partial charge in [-0.25, -0.2) is 4.57 Å². The van der Waals surface area contributed by atoms with Gasteiger partial charge in [-0.1, -0.05) is 70.3 Å². The fourth-order valence-electron chi connectivity index (χ4n) is 2.71. The van der Waals surface area contributed by atoms with Crippen molar-refractivity contribution in [3.8, 4) is 0 Å². The number of unbranched alkanes of at least 4 members (excludes halogenated alkanes) is 8. The van der Waals surface area contributed by atoms with Crippen LogP contribution in [0.1, 0.15) is 106 Å². The largest absolute Gasteiger partial charge is 0.472 e. The zero-order chi connectivity index (χ0) is 30.0. The van der Waals surface area contributed by atoms with Gasteiger partial charge in [0, 0.05) is 22.6 Å². The molecule has 0 spiro atoms. The standard InChI is InChI=1S/C23H46NO7P/c1-2-3-4-5-6-7-8-9-10-11-12-13-14-15-16-17-23(26)29-20-22(25)21-31-32(27,28)30-19-18-24/h9-10,22,25H,2-8,11-21,24H2,1H3,(H,27,28)/b10-9-/t22-/m1/s1/i1D3,2D2,3D2. The molecule has 0 radical (unpaired) electrons. The molecule has 4 N–H and O–H groups in total. The summed E-state index contributed by atoms with van der Waals surface area (Å²) in [5, 5.41) is 9.69. The number of aliphatic hydroxyl groups excluding tert-OH is 1. The molecule has 9 heteroatoms. The maximum atomic E-state index is 11.7. The summed E-state index contributed by atoms with van der Waals surface area (Å²) >= 11 is 0. The second kappa shape index (κ2) is 22.1. The van der Waals surface area contributed by atoms with Gasteiger partial charge in [-0.2, -0.15) is 0 Å². The van der Waals surface area contributed by atoms with Crippen LogP contribution in [0.3, 0.4) is 0 Å². The fourth-order valence-corrected chi connectivity index (χ4v) is 3.48. The Kier molecular flexibility index (Phi) is 14.2. The third kappa shape index (κ3) is 22.4. The second-order valence-electron chi connectivity index (χ2n) is 7.40. The summed E-state index contributed by atoms with van der Waals surface area (Å²) in [6.45, 7) is -3.99. The minimum atomic E-state index is -4.29. The molecule has 8 nitrogen and oxygen atoms in total. The normalized spacial score (nSPS) is 19.0. The van der Waals surface area contributed by atoms with Crippen LogP contribution >= 0.6 is 7.82 Å². The number of nitrogens with two attached hydrogens (primary N) is 1. The van der Waals surface area contributed by atoms with Crippen LogP contribution in [0.25, 0.3) is 0 Å². The highest BCUT2D eigenvalue weighted by molar-refractivity contribution is 7.47. The van der Waals surface area contributed by atoms with Gasteiger partial charge in [-0.3, -0.25) is 13.8 Å². The maximum Gasteiger partial charge on any atom is 0.472 e. The third-order valence-electron chi connectivity index (χ3n) is 4.42.